The summed E-state index contributed by atoms with van der Waals surface area (Å²) in [7, 11) is -3.58. The predicted octanol–water partition coefficient (Wildman–Crippen LogP) is 1.75. The molecule has 0 atom stereocenters. The Morgan fingerprint density at radius 1 is 1.12 bits per heavy atom. The third-order valence-corrected chi connectivity index (χ3v) is 7.92. The van der Waals surface area contributed by atoms with E-state index >= 15 is 0 Å². The van der Waals surface area contributed by atoms with Crippen molar-refractivity contribution in [3.63, 3.8) is 0 Å². The summed E-state index contributed by atoms with van der Waals surface area (Å²) in [5.41, 5.74) is 6.50. The highest BCUT2D eigenvalue weighted by Gasteiger charge is 2.39. The molecule has 2 aliphatic carbocycles. The van der Waals surface area contributed by atoms with Crippen LogP contribution in [0.25, 0.3) is 0 Å². The Bertz CT molecular complexity index is 807. The van der Waals surface area contributed by atoms with Gasteiger partial charge in [0.1, 0.15) is 5.25 Å². The molecular formula is C20H28N2O3S. The molecule has 0 bridgehead atoms. The minimum absolute atomic E-state index is 0.200. The van der Waals surface area contributed by atoms with Gasteiger partial charge in [0.15, 0.2) is 0 Å². The Labute approximate surface area is 156 Å². The van der Waals surface area contributed by atoms with Crippen molar-refractivity contribution < 1.29 is 13.2 Å². The summed E-state index contributed by atoms with van der Waals surface area (Å²) in [5.74, 6) is -0.373. The zero-order valence-corrected chi connectivity index (χ0v) is 16.5. The fourth-order valence-electron chi connectivity index (χ4n) is 4.67. The number of nitrogens with zero attached hydrogens (tertiary/aromatic N) is 1. The highest BCUT2D eigenvalue weighted by molar-refractivity contribution is 7.90. The molecule has 1 N–H and O–H groups in total. The molecule has 1 heterocycles. The number of rotatable bonds is 5. The molecule has 0 aromatic heterocycles. The van der Waals surface area contributed by atoms with E-state index in [1.54, 1.807) is 0 Å². The lowest BCUT2D eigenvalue weighted by Crippen LogP contribution is -2.60. The van der Waals surface area contributed by atoms with Gasteiger partial charge < -0.3 is 0 Å². The zero-order chi connectivity index (χ0) is 18.5. The van der Waals surface area contributed by atoms with Crippen LogP contribution in [0.2, 0.25) is 0 Å². The molecular weight excluding hydrogens is 348 g/mol. The minimum atomic E-state index is -3.58. The van der Waals surface area contributed by atoms with Crippen molar-refractivity contribution in [1.82, 2.24) is 9.62 Å². The Balaban J connectivity index is 1.48. The molecule has 1 saturated heterocycles. The van der Waals surface area contributed by atoms with Crippen molar-refractivity contribution in [2.24, 2.45) is 0 Å². The molecule has 1 aliphatic heterocycles. The number of hydrogen-bond acceptors (Lipinski definition) is 4. The molecule has 4 rings (SSSR count). The molecule has 1 fully saturated rings. The van der Waals surface area contributed by atoms with E-state index in [9.17, 15) is 13.2 Å². The van der Waals surface area contributed by atoms with Crippen molar-refractivity contribution in [2.75, 3.05) is 13.1 Å². The third-order valence-electron chi connectivity index (χ3n) is 6.24. The van der Waals surface area contributed by atoms with E-state index in [4.69, 9.17) is 0 Å². The first-order chi connectivity index (χ1) is 12.3. The molecule has 1 aromatic carbocycles. The Kier molecular flexibility index (Phi) is 4.59. The van der Waals surface area contributed by atoms with E-state index in [1.165, 1.54) is 22.3 Å². The number of carbonyl (C=O) groups excluding carboxylic acids is 1. The lowest BCUT2D eigenvalue weighted by molar-refractivity contribution is -0.118. The summed E-state index contributed by atoms with van der Waals surface area (Å²) in [6.45, 7) is 5.13. The minimum Gasteiger partial charge on any atom is -0.298 e. The average Bonchev–Trinajstić information content (AvgIpc) is 3.12. The molecule has 6 heteroatoms. The summed E-state index contributed by atoms with van der Waals surface area (Å²) < 4.78 is 27.3. The largest absolute Gasteiger partial charge is 0.298 e. The fraction of sp³-hybridized carbons (Fsp3) is 0.650. The van der Waals surface area contributed by atoms with Crippen molar-refractivity contribution in [1.29, 1.82) is 0 Å². The Morgan fingerprint density at radius 3 is 2.23 bits per heavy atom. The molecule has 1 amide bonds. The average molecular weight is 377 g/mol. The van der Waals surface area contributed by atoms with Gasteiger partial charge in [-0.2, -0.15) is 0 Å². The number of carbonyl (C=O) groups is 1. The van der Waals surface area contributed by atoms with E-state index in [0.717, 1.165) is 44.1 Å². The smallest absolute Gasteiger partial charge is 0.240 e. The van der Waals surface area contributed by atoms with Crippen LogP contribution < -0.4 is 4.72 Å². The van der Waals surface area contributed by atoms with E-state index < -0.39 is 15.3 Å². The monoisotopic (exact) mass is 376 g/mol. The summed E-state index contributed by atoms with van der Waals surface area (Å²) in [6.07, 6.45) is 6.68. The maximum absolute atomic E-state index is 12.6. The van der Waals surface area contributed by atoms with Gasteiger partial charge in [-0.1, -0.05) is 6.07 Å². The normalized spacial score (nSPS) is 20.1. The van der Waals surface area contributed by atoms with Gasteiger partial charge in [0.2, 0.25) is 15.9 Å². The maximum atomic E-state index is 12.6. The number of hydrogen-bond donors (Lipinski definition) is 1. The third kappa shape index (κ3) is 3.18. The molecule has 0 saturated carbocycles. The SMILES string of the molecule is CC(C)N1CC(S(=O)(=O)NC(=O)Cc2c3c(cc4c2CCC4)CCC3)C1. The number of sulfonamides is 1. The first-order valence-corrected chi connectivity index (χ1v) is 11.3. The standard InChI is InChI=1S/C20H28N2O3S/c1-13(2)22-11-16(12-22)26(24,25)21-20(23)10-19-17-7-3-5-14(17)9-15-6-4-8-18(15)19/h9,13,16H,3-8,10-12H2,1-2H3,(H,21,23). The second-order valence-corrected chi connectivity index (χ2v) is 10.2. The Morgan fingerprint density at radius 2 is 1.69 bits per heavy atom. The molecule has 3 aliphatic rings. The number of amides is 1. The van der Waals surface area contributed by atoms with Crippen LogP contribution >= 0.6 is 0 Å². The van der Waals surface area contributed by atoms with Crippen LogP contribution in [0.15, 0.2) is 6.07 Å². The van der Waals surface area contributed by atoms with Gasteiger partial charge in [-0.15, -0.1) is 0 Å². The van der Waals surface area contributed by atoms with Gasteiger partial charge in [-0.05, 0) is 80.2 Å². The van der Waals surface area contributed by atoms with E-state index in [2.05, 4.69) is 29.5 Å². The number of benzene rings is 1. The molecule has 0 unspecified atom stereocenters. The van der Waals surface area contributed by atoms with E-state index in [0.29, 0.717) is 19.1 Å². The van der Waals surface area contributed by atoms with Gasteiger partial charge in [-0.3, -0.25) is 14.4 Å². The number of aryl methyl sites for hydroxylation is 2. The molecule has 0 spiro atoms. The van der Waals surface area contributed by atoms with Crippen LogP contribution in [-0.4, -0.2) is 43.6 Å². The van der Waals surface area contributed by atoms with Gasteiger partial charge in [0.05, 0.1) is 6.42 Å². The first-order valence-electron chi connectivity index (χ1n) is 9.79. The Hall–Kier alpha value is -1.40. The molecule has 142 valence electrons. The lowest BCUT2D eigenvalue weighted by Gasteiger charge is -2.41. The van der Waals surface area contributed by atoms with Crippen molar-refractivity contribution >= 4 is 15.9 Å². The van der Waals surface area contributed by atoms with Gasteiger partial charge in [0.25, 0.3) is 0 Å². The predicted molar refractivity (Wildman–Crippen MR) is 102 cm³/mol. The topological polar surface area (TPSA) is 66.5 Å². The quantitative estimate of drug-likeness (QED) is 0.850. The van der Waals surface area contributed by atoms with Crippen LogP contribution in [0, 0.1) is 0 Å². The van der Waals surface area contributed by atoms with Crippen molar-refractivity contribution in [2.45, 2.75) is 70.1 Å². The second kappa shape index (κ2) is 6.64. The van der Waals surface area contributed by atoms with E-state index in [1.807, 2.05) is 0 Å². The zero-order valence-electron chi connectivity index (χ0n) is 15.7. The molecule has 0 radical (unpaired) electrons. The first kappa shape index (κ1) is 18.0. The molecule has 1 aromatic rings. The van der Waals surface area contributed by atoms with Gasteiger partial charge >= 0.3 is 0 Å². The summed E-state index contributed by atoms with van der Waals surface area (Å²) >= 11 is 0. The van der Waals surface area contributed by atoms with Crippen molar-refractivity contribution in [3.05, 3.63) is 33.9 Å². The summed E-state index contributed by atoms with van der Waals surface area (Å²) in [4.78, 5) is 14.7. The maximum Gasteiger partial charge on any atom is 0.240 e. The van der Waals surface area contributed by atoms with Crippen LogP contribution in [0.4, 0.5) is 0 Å². The van der Waals surface area contributed by atoms with Crippen LogP contribution in [0.5, 0.6) is 0 Å². The number of likely N-dealkylation sites (tertiary alicyclic amines) is 1. The molecule has 5 nitrogen and oxygen atoms in total. The number of fused-ring (bicyclic) bond motifs is 2. The van der Waals surface area contributed by atoms with Crippen LogP contribution in [0.3, 0.4) is 0 Å². The summed E-state index contributed by atoms with van der Waals surface area (Å²) in [5, 5.41) is -0.471. The van der Waals surface area contributed by atoms with Gasteiger partial charge in [0, 0.05) is 19.1 Å². The number of nitrogens with one attached hydrogen (secondary N) is 1. The highest BCUT2D eigenvalue weighted by atomic mass is 32.2. The lowest BCUT2D eigenvalue weighted by atomic mass is 9.92. The summed E-state index contributed by atoms with van der Waals surface area (Å²) in [6, 6.07) is 2.67. The van der Waals surface area contributed by atoms with Crippen LogP contribution in [0.1, 0.15) is 54.5 Å². The second-order valence-electron chi connectivity index (χ2n) is 8.25. The highest BCUT2D eigenvalue weighted by Crippen LogP contribution is 2.35. The van der Waals surface area contributed by atoms with Crippen LogP contribution in [-0.2, 0) is 46.9 Å². The fourth-order valence-corrected chi connectivity index (χ4v) is 6.01. The molecule has 26 heavy (non-hydrogen) atoms. The van der Waals surface area contributed by atoms with E-state index in [-0.39, 0.29) is 12.3 Å². The van der Waals surface area contributed by atoms with Crippen molar-refractivity contribution in [3.8, 4) is 0 Å². The van der Waals surface area contributed by atoms with Gasteiger partial charge in [-0.25, -0.2) is 8.42 Å².